The molecule has 1 aliphatic carbocycles. The third-order valence-corrected chi connectivity index (χ3v) is 6.45. The second-order valence-corrected chi connectivity index (χ2v) is 8.43. The highest BCUT2D eigenvalue weighted by Crippen LogP contribution is 2.44. The molecule has 0 amide bonds. The number of piperidine rings is 1. The lowest BCUT2D eigenvalue weighted by Gasteiger charge is -2.35. The number of carbonyl (C=O) groups is 1. The molecule has 0 atom stereocenters. The summed E-state index contributed by atoms with van der Waals surface area (Å²) < 4.78 is 23.4. The van der Waals surface area contributed by atoms with Crippen molar-refractivity contribution in [1.82, 2.24) is 8.97 Å². The van der Waals surface area contributed by atoms with E-state index in [9.17, 15) is 9.59 Å². The molecule has 5 rings (SSSR count). The summed E-state index contributed by atoms with van der Waals surface area (Å²) >= 11 is 0. The minimum absolute atomic E-state index is 0.225. The summed E-state index contributed by atoms with van der Waals surface area (Å²) in [5.74, 6) is -0.546. The van der Waals surface area contributed by atoms with E-state index in [0.717, 1.165) is 44.3 Å². The number of ether oxygens (including phenoxy) is 1. The van der Waals surface area contributed by atoms with Gasteiger partial charge in [0.05, 0.1) is 17.4 Å². The van der Waals surface area contributed by atoms with Crippen LogP contribution < -0.4 is 15.2 Å². The van der Waals surface area contributed by atoms with Crippen LogP contribution in [0.2, 0.25) is 0 Å². The monoisotopic (exact) mass is 425 g/mol. The first kappa shape index (κ1) is 19.7. The molecule has 0 unspecified atom stereocenters. The number of carboxylic acid groups (broad SMARTS) is 1. The summed E-state index contributed by atoms with van der Waals surface area (Å²) in [6, 6.07) is 5.95. The lowest BCUT2D eigenvalue weighted by atomic mass is 10.0. The number of halogens is 1. The molecular weight excluding hydrogens is 401 g/mol. The van der Waals surface area contributed by atoms with Gasteiger partial charge in [-0.1, -0.05) is 0 Å². The van der Waals surface area contributed by atoms with Crippen molar-refractivity contribution in [2.24, 2.45) is 0 Å². The standard InChI is InChI=1S/C23H24FN3O4/c1-14-20-17(15-4-5-15)12-19(31-23(29)30)22(28)27(20)13-18(24)21(14)26-10-6-16(7-11-26)25-8-2-3-9-25/h2-3,8-9,12-13,15-16H,4-7,10-11H2,1H3,(H,29,30). The summed E-state index contributed by atoms with van der Waals surface area (Å²) in [6.07, 6.45) is 7.47. The summed E-state index contributed by atoms with van der Waals surface area (Å²) in [7, 11) is 0. The fourth-order valence-electron chi connectivity index (χ4n) is 4.86. The molecule has 0 aromatic carbocycles. The number of aryl methyl sites for hydroxylation is 1. The lowest BCUT2D eigenvalue weighted by Crippen LogP contribution is -2.36. The Bertz CT molecular complexity index is 1210. The Kier molecular flexibility index (Phi) is 4.72. The van der Waals surface area contributed by atoms with Gasteiger partial charge in [0.1, 0.15) is 0 Å². The first-order valence-corrected chi connectivity index (χ1v) is 10.6. The molecule has 1 N–H and O–H groups in total. The molecule has 3 aromatic heterocycles. The van der Waals surface area contributed by atoms with Crippen molar-refractivity contribution in [2.45, 2.75) is 44.6 Å². The van der Waals surface area contributed by atoms with E-state index in [1.54, 1.807) is 0 Å². The molecule has 31 heavy (non-hydrogen) atoms. The zero-order valence-corrected chi connectivity index (χ0v) is 17.3. The van der Waals surface area contributed by atoms with Crippen LogP contribution in [0, 0.1) is 12.7 Å². The van der Waals surface area contributed by atoms with Crippen molar-refractivity contribution in [3.05, 3.63) is 64.1 Å². The maximum Gasteiger partial charge on any atom is 0.511 e. The van der Waals surface area contributed by atoms with Crippen LogP contribution in [0.4, 0.5) is 14.9 Å². The fourth-order valence-corrected chi connectivity index (χ4v) is 4.86. The van der Waals surface area contributed by atoms with Crippen LogP contribution in [0.15, 0.2) is 41.6 Å². The minimum Gasteiger partial charge on any atom is -0.449 e. The first-order chi connectivity index (χ1) is 14.9. The summed E-state index contributed by atoms with van der Waals surface area (Å²) in [6.45, 7) is 3.29. The molecule has 1 aliphatic heterocycles. The van der Waals surface area contributed by atoms with E-state index in [0.29, 0.717) is 22.8 Å². The molecule has 162 valence electrons. The number of rotatable bonds is 4. The van der Waals surface area contributed by atoms with Crippen molar-refractivity contribution >= 4 is 17.4 Å². The molecule has 1 saturated heterocycles. The van der Waals surface area contributed by atoms with Crippen LogP contribution in [0.25, 0.3) is 5.52 Å². The van der Waals surface area contributed by atoms with Gasteiger partial charge in [0.25, 0.3) is 5.56 Å². The van der Waals surface area contributed by atoms with Crippen molar-refractivity contribution < 1.29 is 19.0 Å². The molecule has 8 heteroatoms. The minimum atomic E-state index is -1.56. The highest BCUT2D eigenvalue weighted by atomic mass is 19.1. The highest BCUT2D eigenvalue weighted by molar-refractivity contribution is 5.74. The largest absolute Gasteiger partial charge is 0.511 e. The Balaban J connectivity index is 1.57. The predicted octanol–water partition coefficient (Wildman–Crippen LogP) is 4.32. The van der Waals surface area contributed by atoms with E-state index in [4.69, 9.17) is 9.84 Å². The smallest absolute Gasteiger partial charge is 0.449 e. The fraction of sp³-hybridized carbons (Fsp3) is 0.391. The van der Waals surface area contributed by atoms with Crippen molar-refractivity contribution in [3.8, 4) is 5.75 Å². The van der Waals surface area contributed by atoms with Gasteiger partial charge < -0.3 is 19.3 Å². The summed E-state index contributed by atoms with van der Waals surface area (Å²) in [5.41, 5.74) is 2.08. The summed E-state index contributed by atoms with van der Waals surface area (Å²) in [5, 5.41) is 8.97. The molecule has 1 saturated carbocycles. The Morgan fingerprint density at radius 3 is 2.45 bits per heavy atom. The van der Waals surface area contributed by atoms with E-state index >= 15 is 4.39 Å². The van der Waals surface area contributed by atoms with E-state index in [2.05, 4.69) is 21.9 Å². The first-order valence-electron chi connectivity index (χ1n) is 10.6. The normalized spacial score (nSPS) is 17.3. The Morgan fingerprint density at radius 2 is 1.84 bits per heavy atom. The number of fused-ring (bicyclic) bond motifs is 1. The van der Waals surface area contributed by atoms with E-state index in [1.165, 1.54) is 16.7 Å². The molecule has 0 radical (unpaired) electrons. The van der Waals surface area contributed by atoms with E-state index < -0.39 is 17.5 Å². The van der Waals surface area contributed by atoms with Gasteiger partial charge in [-0.2, -0.15) is 0 Å². The lowest BCUT2D eigenvalue weighted by molar-refractivity contribution is 0.143. The van der Waals surface area contributed by atoms with Crippen LogP contribution in [0.3, 0.4) is 0 Å². The van der Waals surface area contributed by atoms with E-state index in [-0.39, 0.29) is 11.7 Å². The summed E-state index contributed by atoms with van der Waals surface area (Å²) in [4.78, 5) is 25.9. The predicted molar refractivity (Wildman–Crippen MR) is 114 cm³/mol. The van der Waals surface area contributed by atoms with Crippen molar-refractivity contribution in [1.29, 1.82) is 0 Å². The molecule has 3 aromatic rings. The molecule has 2 aliphatic rings. The SMILES string of the molecule is Cc1c(N2CCC(n3cccc3)CC2)c(F)cn2c(=O)c(OC(=O)O)cc(C3CC3)c12. The molecule has 2 fully saturated rings. The number of hydrogen-bond acceptors (Lipinski definition) is 4. The second kappa shape index (κ2) is 7.44. The maximum atomic E-state index is 15.3. The van der Waals surface area contributed by atoms with Gasteiger partial charge in [-0.3, -0.25) is 9.20 Å². The number of nitrogens with zero attached hydrogens (tertiary/aromatic N) is 3. The van der Waals surface area contributed by atoms with Gasteiger partial charge in [-0.15, -0.1) is 0 Å². The zero-order chi connectivity index (χ0) is 21.7. The van der Waals surface area contributed by atoms with Crippen LogP contribution in [0.1, 0.15) is 48.8 Å². The number of hydrogen-bond donors (Lipinski definition) is 1. The molecule has 0 spiro atoms. The van der Waals surface area contributed by atoms with E-state index in [1.807, 2.05) is 19.1 Å². The van der Waals surface area contributed by atoms with Gasteiger partial charge >= 0.3 is 6.16 Å². The molecule has 7 nitrogen and oxygen atoms in total. The van der Waals surface area contributed by atoms with Crippen LogP contribution in [0.5, 0.6) is 5.75 Å². The third kappa shape index (κ3) is 3.45. The van der Waals surface area contributed by atoms with Crippen LogP contribution in [-0.4, -0.2) is 33.3 Å². The van der Waals surface area contributed by atoms with Gasteiger partial charge in [-0.25, -0.2) is 9.18 Å². The number of aromatic nitrogens is 2. The van der Waals surface area contributed by atoms with Crippen LogP contribution >= 0.6 is 0 Å². The van der Waals surface area contributed by atoms with Gasteiger partial charge in [0.2, 0.25) is 0 Å². The Labute approximate surface area is 178 Å². The Morgan fingerprint density at radius 1 is 1.16 bits per heavy atom. The maximum absolute atomic E-state index is 15.3. The van der Waals surface area contributed by atoms with Crippen molar-refractivity contribution in [3.63, 3.8) is 0 Å². The molecule has 0 bridgehead atoms. The van der Waals surface area contributed by atoms with Crippen LogP contribution in [-0.2, 0) is 0 Å². The number of anilines is 1. The Hall–Kier alpha value is -3.29. The average molecular weight is 425 g/mol. The molecular formula is C23H24FN3O4. The van der Waals surface area contributed by atoms with Gasteiger partial charge in [0.15, 0.2) is 11.6 Å². The molecule has 4 heterocycles. The number of pyridine rings is 2. The third-order valence-electron chi connectivity index (χ3n) is 6.45. The average Bonchev–Trinajstić information content (AvgIpc) is 3.44. The zero-order valence-electron chi connectivity index (χ0n) is 17.3. The topological polar surface area (TPSA) is 76.2 Å². The highest BCUT2D eigenvalue weighted by Gasteiger charge is 2.31. The van der Waals surface area contributed by atoms with Crippen molar-refractivity contribution in [2.75, 3.05) is 18.0 Å². The van der Waals surface area contributed by atoms with Gasteiger partial charge in [-0.05, 0) is 67.9 Å². The quantitative estimate of drug-likeness (QED) is 0.630. The second-order valence-electron chi connectivity index (χ2n) is 8.43. The van der Waals surface area contributed by atoms with Gasteiger partial charge in [0, 0.05) is 31.5 Å².